The minimum atomic E-state index is -1.52. The van der Waals surface area contributed by atoms with Gasteiger partial charge in [-0.1, -0.05) is 0 Å². The highest BCUT2D eigenvalue weighted by molar-refractivity contribution is 6.08. The van der Waals surface area contributed by atoms with E-state index in [0.29, 0.717) is 0 Å². The monoisotopic (exact) mass is 283 g/mol. The first-order chi connectivity index (χ1) is 9.36. The number of hydrogen-bond acceptors (Lipinski definition) is 5. The zero-order chi connectivity index (χ0) is 15.3. The lowest BCUT2D eigenvalue weighted by molar-refractivity contribution is -0.146. The van der Waals surface area contributed by atoms with Crippen molar-refractivity contribution in [2.24, 2.45) is 11.5 Å². The average Bonchev–Trinajstić information content (AvgIpc) is 2.39. The zero-order valence-electron chi connectivity index (χ0n) is 10.7. The van der Waals surface area contributed by atoms with E-state index in [1.165, 1.54) is 6.07 Å². The predicted octanol–water partition coefficient (Wildman–Crippen LogP) is -0.246. The van der Waals surface area contributed by atoms with Crippen LogP contribution in [0.2, 0.25) is 0 Å². The van der Waals surface area contributed by atoms with E-state index in [2.05, 4.69) is 10.1 Å². The van der Waals surface area contributed by atoms with E-state index in [4.69, 9.17) is 11.5 Å². The molecule has 0 saturated carbocycles. The van der Waals surface area contributed by atoms with Crippen molar-refractivity contribution < 1.29 is 23.5 Å². The molecular formula is C12H14FN3O4. The number of rotatable bonds is 5. The molecule has 1 aromatic carbocycles. The summed E-state index contributed by atoms with van der Waals surface area (Å²) >= 11 is 0. The minimum absolute atomic E-state index is 0.0855. The van der Waals surface area contributed by atoms with Crippen LogP contribution in [-0.4, -0.2) is 30.4 Å². The summed E-state index contributed by atoms with van der Waals surface area (Å²) in [5.74, 6) is -3.52. The second-order valence-electron chi connectivity index (χ2n) is 3.78. The molecule has 7 nitrogen and oxygen atoms in total. The van der Waals surface area contributed by atoms with Crippen LogP contribution in [-0.2, 0) is 14.3 Å². The molecule has 0 bridgehead atoms. The minimum Gasteiger partial charge on any atom is -0.464 e. The number of carbonyl (C=O) groups excluding carboxylic acids is 3. The van der Waals surface area contributed by atoms with Crippen LogP contribution in [0.15, 0.2) is 18.2 Å². The van der Waals surface area contributed by atoms with Crippen molar-refractivity contribution in [1.29, 1.82) is 0 Å². The van der Waals surface area contributed by atoms with Gasteiger partial charge < -0.3 is 21.5 Å². The number of primary amides is 1. The number of hydrogen-bond donors (Lipinski definition) is 3. The Bertz CT molecular complexity index is 548. The normalized spacial score (nSPS) is 11.6. The van der Waals surface area contributed by atoms with Crippen LogP contribution in [0, 0.1) is 5.82 Å². The first-order valence-electron chi connectivity index (χ1n) is 5.69. The Balaban J connectivity index is 2.83. The van der Waals surface area contributed by atoms with Crippen molar-refractivity contribution >= 4 is 23.5 Å². The molecule has 0 aliphatic rings. The molecule has 0 radical (unpaired) electrons. The molecule has 0 aliphatic heterocycles. The van der Waals surface area contributed by atoms with Crippen LogP contribution >= 0.6 is 0 Å². The van der Waals surface area contributed by atoms with Crippen molar-refractivity contribution in [1.82, 2.24) is 0 Å². The largest absolute Gasteiger partial charge is 0.464 e. The number of benzene rings is 1. The SMILES string of the molecule is CCOC(=O)C(N)C(=O)Nc1ccc(F)c(C(N)=O)c1. The first-order valence-corrected chi connectivity index (χ1v) is 5.69. The maximum Gasteiger partial charge on any atom is 0.332 e. The van der Waals surface area contributed by atoms with E-state index >= 15 is 0 Å². The lowest BCUT2D eigenvalue weighted by Gasteiger charge is -2.11. The van der Waals surface area contributed by atoms with Gasteiger partial charge in [0, 0.05) is 5.69 Å². The fourth-order valence-electron chi connectivity index (χ4n) is 1.35. The van der Waals surface area contributed by atoms with Crippen LogP contribution in [0.1, 0.15) is 17.3 Å². The van der Waals surface area contributed by atoms with Gasteiger partial charge in [0.25, 0.3) is 11.8 Å². The van der Waals surface area contributed by atoms with Crippen LogP contribution < -0.4 is 16.8 Å². The lowest BCUT2D eigenvalue weighted by Crippen LogP contribution is -2.43. The van der Waals surface area contributed by atoms with E-state index in [1.807, 2.05) is 0 Å². The fraction of sp³-hybridized carbons (Fsp3) is 0.250. The number of nitrogens with two attached hydrogens (primary N) is 2. The topological polar surface area (TPSA) is 125 Å². The van der Waals surface area contributed by atoms with Gasteiger partial charge in [-0.05, 0) is 25.1 Å². The molecule has 8 heteroatoms. The third-order valence-electron chi connectivity index (χ3n) is 2.32. The van der Waals surface area contributed by atoms with Crippen LogP contribution in [0.3, 0.4) is 0 Å². The Morgan fingerprint density at radius 1 is 1.40 bits per heavy atom. The molecule has 1 atom stereocenters. The van der Waals surface area contributed by atoms with Crippen LogP contribution in [0.5, 0.6) is 0 Å². The summed E-state index contributed by atoms with van der Waals surface area (Å²) in [7, 11) is 0. The van der Waals surface area contributed by atoms with Crippen molar-refractivity contribution in [3.8, 4) is 0 Å². The molecule has 0 fully saturated rings. The van der Waals surface area contributed by atoms with Crippen molar-refractivity contribution in [2.75, 3.05) is 11.9 Å². The third-order valence-corrected chi connectivity index (χ3v) is 2.32. The number of halogens is 1. The first kappa shape index (κ1) is 15.6. The smallest absolute Gasteiger partial charge is 0.332 e. The highest BCUT2D eigenvalue weighted by atomic mass is 19.1. The van der Waals surface area contributed by atoms with E-state index in [1.54, 1.807) is 6.92 Å². The van der Waals surface area contributed by atoms with Gasteiger partial charge in [-0.2, -0.15) is 0 Å². The summed E-state index contributed by atoms with van der Waals surface area (Å²) in [6.07, 6.45) is 0. The Hall–Kier alpha value is -2.48. The number of anilines is 1. The molecule has 0 aromatic heterocycles. The summed E-state index contributed by atoms with van der Waals surface area (Å²) in [4.78, 5) is 33.9. The summed E-state index contributed by atoms with van der Waals surface area (Å²) in [6.45, 7) is 1.66. The summed E-state index contributed by atoms with van der Waals surface area (Å²) in [5, 5.41) is 2.26. The predicted molar refractivity (Wildman–Crippen MR) is 68.2 cm³/mol. The van der Waals surface area contributed by atoms with Gasteiger partial charge in [-0.3, -0.25) is 9.59 Å². The molecule has 0 spiro atoms. The van der Waals surface area contributed by atoms with Gasteiger partial charge in [0.1, 0.15) is 5.82 Å². The van der Waals surface area contributed by atoms with Crippen molar-refractivity contribution in [3.05, 3.63) is 29.6 Å². The quantitative estimate of drug-likeness (QED) is 0.508. The molecule has 108 valence electrons. The zero-order valence-corrected chi connectivity index (χ0v) is 10.7. The van der Waals surface area contributed by atoms with E-state index in [-0.39, 0.29) is 17.9 Å². The van der Waals surface area contributed by atoms with Crippen molar-refractivity contribution in [2.45, 2.75) is 13.0 Å². The number of ether oxygens (including phenoxy) is 1. The number of esters is 1. The highest BCUT2D eigenvalue weighted by Crippen LogP contribution is 2.14. The van der Waals surface area contributed by atoms with Crippen LogP contribution in [0.4, 0.5) is 10.1 Å². The van der Waals surface area contributed by atoms with Gasteiger partial charge in [0.15, 0.2) is 6.04 Å². The van der Waals surface area contributed by atoms with Gasteiger partial charge in [-0.15, -0.1) is 0 Å². The molecule has 1 rings (SSSR count). The van der Waals surface area contributed by atoms with Gasteiger partial charge in [0.05, 0.1) is 12.2 Å². The number of carbonyl (C=O) groups is 3. The standard InChI is InChI=1S/C12H14FN3O4/c1-2-20-12(19)9(14)11(18)16-6-3-4-8(13)7(5-6)10(15)17/h3-5,9H,2,14H2,1H3,(H2,15,17)(H,16,18). The average molecular weight is 283 g/mol. The molecule has 20 heavy (non-hydrogen) atoms. The molecule has 2 amide bonds. The Labute approximate surface area is 114 Å². The van der Waals surface area contributed by atoms with Crippen LogP contribution in [0.25, 0.3) is 0 Å². The Morgan fingerprint density at radius 2 is 2.05 bits per heavy atom. The maximum absolute atomic E-state index is 13.2. The number of amides is 2. The Morgan fingerprint density at radius 3 is 2.60 bits per heavy atom. The molecule has 0 heterocycles. The second-order valence-corrected chi connectivity index (χ2v) is 3.78. The lowest BCUT2D eigenvalue weighted by atomic mass is 10.1. The highest BCUT2D eigenvalue weighted by Gasteiger charge is 2.23. The second kappa shape index (κ2) is 6.62. The third kappa shape index (κ3) is 3.75. The maximum atomic E-state index is 13.2. The van der Waals surface area contributed by atoms with E-state index in [9.17, 15) is 18.8 Å². The molecule has 1 unspecified atom stereocenters. The molecule has 1 aromatic rings. The van der Waals surface area contributed by atoms with E-state index < -0.39 is 29.6 Å². The van der Waals surface area contributed by atoms with Gasteiger partial charge in [-0.25, -0.2) is 9.18 Å². The Kier molecular flexibility index (Phi) is 5.15. The van der Waals surface area contributed by atoms with Crippen molar-refractivity contribution in [3.63, 3.8) is 0 Å². The fourth-order valence-corrected chi connectivity index (χ4v) is 1.35. The van der Waals surface area contributed by atoms with Gasteiger partial charge in [0.2, 0.25) is 0 Å². The molecule has 5 N–H and O–H groups in total. The molecular weight excluding hydrogens is 269 g/mol. The number of nitrogens with one attached hydrogen (secondary N) is 1. The molecule has 0 saturated heterocycles. The summed E-state index contributed by atoms with van der Waals surface area (Å²) in [5.41, 5.74) is 10.0. The molecule has 0 aliphatic carbocycles. The summed E-state index contributed by atoms with van der Waals surface area (Å²) in [6, 6.07) is 1.70. The summed E-state index contributed by atoms with van der Waals surface area (Å²) < 4.78 is 17.8. The van der Waals surface area contributed by atoms with E-state index in [0.717, 1.165) is 12.1 Å². The van der Waals surface area contributed by atoms with Gasteiger partial charge >= 0.3 is 5.97 Å².